The first-order valence-corrected chi connectivity index (χ1v) is 6.44. The molecule has 88 valence electrons. The predicted octanol–water partition coefficient (Wildman–Crippen LogP) is 2.00. The zero-order valence-corrected chi connectivity index (χ0v) is 10.3. The van der Waals surface area contributed by atoms with Crippen LogP contribution in [0.15, 0.2) is 6.20 Å². The quantitative estimate of drug-likeness (QED) is 0.783. The highest BCUT2D eigenvalue weighted by molar-refractivity contribution is 5.26. The van der Waals surface area contributed by atoms with Crippen LogP contribution in [-0.2, 0) is 12.8 Å². The SMILES string of the molecule is CC(C)N1CCC2(CC1)Cc1c[nH]nc1C2. The molecule has 1 saturated heterocycles. The first kappa shape index (κ1) is 10.3. The third-order valence-electron chi connectivity index (χ3n) is 4.51. The molecular weight excluding hydrogens is 198 g/mol. The van der Waals surface area contributed by atoms with Crippen LogP contribution in [0.25, 0.3) is 0 Å². The van der Waals surface area contributed by atoms with E-state index >= 15 is 0 Å². The second kappa shape index (κ2) is 3.59. The molecular formula is C13H21N3. The van der Waals surface area contributed by atoms with Gasteiger partial charge in [0.25, 0.3) is 0 Å². The molecule has 0 amide bonds. The minimum atomic E-state index is 0.554. The van der Waals surface area contributed by atoms with E-state index in [2.05, 4.69) is 35.1 Å². The van der Waals surface area contributed by atoms with Crippen molar-refractivity contribution in [2.24, 2.45) is 5.41 Å². The number of H-pyrrole nitrogens is 1. The Morgan fingerprint density at radius 1 is 1.31 bits per heavy atom. The lowest BCUT2D eigenvalue weighted by Gasteiger charge is -2.41. The Labute approximate surface area is 97.2 Å². The van der Waals surface area contributed by atoms with Crippen molar-refractivity contribution in [3.8, 4) is 0 Å². The van der Waals surface area contributed by atoms with Crippen LogP contribution in [0.2, 0.25) is 0 Å². The van der Waals surface area contributed by atoms with Gasteiger partial charge >= 0.3 is 0 Å². The maximum atomic E-state index is 4.36. The Morgan fingerprint density at radius 3 is 2.69 bits per heavy atom. The van der Waals surface area contributed by atoms with Crippen molar-refractivity contribution in [3.05, 3.63) is 17.5 Å². The van der Waals surface area contributed by atoms with Gasteiger partial charge in [0, 0.05) is 12.2 Å². The fourth-order valence-electron chi connectivity index (χ4n) is 3.34. The van der Waals surface area contributed by atoms with Crippen LogP contribution in [0.5, 0.6) is 0 Å². The number of rotatable bonds is 1. The molecule has 1 fully saturated rings. The van der Waals surface area contributed by atoms with Crippen molar-refractivity contribution in [2.75, 3.05) is 13.1 Å². The number of fused-ring (bicyclic) bond motifs is 1. The third kappa shape index (κ3) is 1.58. The van der Waals surface area contributed by atoms with Crippen molar-refractivity contribution in [3.63, 3.8) is 0 Å². The second-order valence-corrected chi connectivity index (χ2v) is 5.84. The van der Waals surface area contributed by atoms with E-state index < -0.39 is 0 Å². The van der Waals surface area contributed by atoms with Gasteiger partial charge in [-0.05, 0) is 63.6 Å². The number of hydrogen-bond acceptors (Lipinski definition) is 2. The summed E-state index contributed by atoms with van der Waals surface area (Å²) in [5, 5.41) is 7.35. The summed E-state index contributed by atoms with van der Waals surface area (Å²) in [6, 6.07) is 0.705. The van der Waals surface area contributed by atoms with E-state index in [4.69, 9.17) is 0 Å². The van der Waals surface area contributed by atoms with Gasteiger partial charge in [0.2, 0.25) is 0 Å². The molecule has 1 spiro atoms. The van der Waals surface area contributed by atoms with Crippen LogP contribution >= 0.6 is 0 Å². The molecule has 0 unspecified atom stereocenters. The fraction of sp³-hybridized carbons (Fsp3) is 0.769. The van der Waals surface area contributed by atoms with E-state index in [0.717, 1.165) is 0 Å². The van der Waals surface area contributed by atoms with Crippen LogP contribution in [0.1, 0.15) is 37.9 Å². The minimum Gasteiger partial charge on any atom is -0.301 e. The zero-order chi connectivity index (χ0) is 11.2. The third-order valence-corrected chi connectivity index (χ3v) is 4.51. The summed E-state index contributed by atoms with van der Waals surface area (Å²) >= 11 is 0. The number of hydrogen-bond donors (Lipinski definition) is 1. The Balaban J connectivity index is 1.69. The van der Waals surface area contributed by atoms with Crippen LogP contribution in [-0.4, -0.2) is 34.2 Å². The summed E-state index contributed by atoms with van der Waals surface area (Å²) in [5.74, 6) is 0. The maximum Gasteiger partial charge on any atom is 0.0659 e. The molecule has 0 radical (unpaired) electrons. The average Bonchev–Trinajstić information content (AvgIpc) is 2.77. The first-order valence-electron chi connectivity index (χ1n) is 6.44. The van der Waals surface area contributed by atoms with Crippen molar-refractivity contribution in [1.29, 1.82) is 0 Å². The van der Waals surface area contributed by atoms with E-state index in [-0.39, 0.29) is 0 Å². The molecule has 1 N–H and O–H groups in total. The van der Waals surface area contributed by atoms with Gasteiger partial charge < -0.3 is 4.90 Å². The minimum absolute atomic E-state index is 0.554. The largest absolute Gasteiger partial charge is 0.301 e. The van der Waals surface area contributed by atoms with E-state index in [1.807, 2.05) is 0 Å². The van der Waals surface area contributed by atoms with Gasteiger partial charge in [0.1, 0.15) is 0 Å². The Bertz CT molecular complexity index is 350. The molecule has 0 aromatic carbocycles. The standard InChI is InChI=1S/C13H21N3/c1-10(2)16-5-3-13(4-6-16)7-11-9-14-15-12(11)8-13/h9-10H,3-8H2,1-2H3,(H,14,15). The normalized spacial score (nSPS) is 24.2. The maximum absolute atomic E-state index is 4.36. The molecule has 2 aliphatic rings. The molecule has 3 rings (SSSR count). The second-order valence-electron chi connectivity index (χ2n) is 5.84. The summed E-state index contributed by atoms with van der Waals surface area (Å²) in [5.41, 5.74) is 3.36. The number of nitrogens with zero attached hydrogens (tertiary/aromatic N) is 2. The van der Waals surface area contributed by atoms with Crippen molar-refractivity contribution >= 4 is 0 Å². The predicted molar refractivity (Wildman–Crippen MR) is 64.4 cm³/mol. The van der Waals surface area contributed by atoms with E-state index in [1.54, 1.807) is 0 Å². The van der Waals surface area contributed by atoms with Gasteiger partial charge in [0.05, 0.1) is 5.69 Å². The zero-order valence-electron chi connectivity index (χ0n) is 10.3. The summed E-state index contributed by atoms with van der Waals surface area (Å²) < 4.78 is 0. The molecule has 1 aromatic heterocycles. The summed E-state index contributed by atoms with van der Waals surface area (Å²) in [6.45, 7) is 7.15. The molecule has 2 heterocycles. The summed E-state index contributed by atoms with van der Waals surface area (Å²) in [4.78, 5) is 2.60. The molecule has 0 bridgehead atoms. The lowest BCUT2D eigenvalue weighted by molar-refractivity contribution is 0.0888. The van der Waals surface area contributed by atoms with E-state index in [0.29, 0.717) is 11.5 Å². The number of nitrogens with one attached hydrogen (secondary N) is 1. The summed E-state index contributed by atoms with van der Waals surface area (Å²) in [7, 11) is 0. The topological polar surface area (TPSA) is 31.9 Å². The van der Waals surface area contributed by atoms with Crippen molar-refractivity contribution in [2.45, 2.75) is 45.6 Å². The monoisotopic (exact) mass is 219 g/mol. The van der Waals surface area contributed by atoms with Crippen molar-refractivity contribution < 1.29 is 0 Å². The first-order chi connectivity index (χ1) is 7.69. The van der Waals surface area contributed by atoms with Crippen LogP contribution in [0.4, 0.5) is 0 Å². The van der Waals surface area contributed by atoms with E-state index in [9.17, 15) is 0 Å². The smallest absolute Gasteiger partial charge is 0.0659 e. The van der Waals surface area contributed by atoms with Gasteiger partial charge in [-0.25, -0.2) is 0 Å². The van der Waals surface area contributed by atoms with Gasteiger partial charge in [-0.1, -0.05) is 0 Å². The fourth-order valence-corrected chi connectivity index (χ4v) is 3.34. The molecule has 1 aliphatic carbocycles. The van der Waals surface area contributed by atoms with Crippen LogP contribution in [0.3, 0.4) is 0 Å². The van der Waals surface area contributed by atoms with E-state index in [1.165, 1.54) is 50.0 Å². The molecule has 3 nitrogen and oxygen atoms in total. The lowest BCUT2D eigenvalue weighted by Crippen LogP contribution is -2.43. The Hall–Kier alpha value is -0.830. The highest BCUT2D eigenvalue weighted by atomic mass is 15.2. The number of piperidine rings is 1. The molecule has 0 saturated carbocycles. The molecule has 1 aromatic rings. The Morgan fingerprint density at radius 2 is 2.06 bits per heavy atom. The van der Waals surface area contributed by atoms with Gasteiger partial charge in [-0.2, -0.15) is 5.10 Å². The molecule has 1 aliphatic heterocycles. The lowest BCUT2D eigenvalue weighted by atomic mass is 9.76. The molecule has 3 heteroatoms. The molecule has 16 heavy (non-hydrogen) atoms. The number of aromatic nitrogens is 2. The van der Waals surface area contributed by atoms with Crippen LogP contribution < -0.4 is 0 Å². The summed E-state index contributed by atoms with van der Waals surface area (Å²) in [6.07, 6.45) is 7.25. The van der Waals surface area contributed by atoms with Gasteiger partial charge in [-0.3, -0.25) is 5.10 Å². The van der Waals surface area contributed by atoms with Gasteiger partial charge in [-0.15, -0.1) is 0 Å². The highest BCUT2D eigenvalue weighted by Crippen LogP contribution is 2.43. The number of aromatic amines is 1. The number of likely N-dealkylation sites (tertiary alicyclic amines) is 1. The Kier molecular flexibility index (Phi) is 2.32. The van der Waals surface area contributed by atoms with Gasteiger partial charge in [0.15, 0.2) is 0 Å². The van der Waals surface area contributed by atoms with Crippen molar-refractivity contribution in [1.82, 2.24) is 15.1 Å². The average molecular weight is 219 g/mol. The molecule has 0 atom stereocenters. The van der Waals surface area contributed by atoms with Crippen LogP contribution in [0, 0.1) is 5.41 Å². The highest BCUT2D eigenvalue weighted by Gasteiger charge is 2.41.